The van der Waals surface area contributed by atoms with Gasteiger partial charge in [0, 0.05) is 13.0 Å². The van der Waals surface area contributed by atoms with E-state index in [0.717, 1.165) is 12.8 Å². The van der Waals surface area contributed by atoms with Crippen molar-refractivity contribution in [2.45, 2.75) is 25.8 Å². The van der Waals surface area contributed by atoms with Crippen LogP contribution in [-0.4, -0.2) is 29.3 Å². The number of nitrogens with one attached hydrogen (secondary N) is 1. The van der Waals surface area contributed by atoms with Crippen LogP contribution in [0.15, 0.2) is 18.2 Å². The fraction of sp³-hybridized carbons (Fsp3) is 0.385. The molecule has 0 radical (unpaired) electrons. The number of carbonyl (C=O) groups is 2. The zero-order valence-electron chi connectivity index (χ0n) is 10.5. The first kappa shape index (κ1) is 14.2. The second-order valence-electron chi connectivity index (χ2n) is 4.53. The monoisotopic (exact) mass is 300 g/mol. The van der Waals surface area contributed by atoms with Crippen LogP contribution in [0.5, 0.6) is 0 Å². The number of benzene rings is 1. The van der Waals surface area contributed by atoms with Crippen molar-refractivity contribution >= 4 is 40.7 Å². The molecule has 4 nitrogen and oxygen atoms in total. The van der Waals surface area contributed by atoms with Gasteiger partial charge in [0.05, 0.1) is 15.7 Å². The number of amides is 2. The van der Waals surface area contributed by atoms with Gasteiger partial charge in [-0.1, -0.05) is 29.3 Å². The lowest BCUT2D eigenvalue weighted by atomic mass is 10.3. The van der Waals surface area contributed by atoms with E-state index < -0.39 is 0 Å². The molecule has 19 heavy (non-hydrogen) atoms. The third-order valence-corrected chi connectivity index (χ3v) is 3.75. The Hall–Kier alpha value is -1.26. The molecule has 0 spiro atoms. The molecular formula is C13H14Cl2N2O2. The van der Waals surface area contributed by atoms with Gasteiger partial charge in [-0.05, 0) is 25.0 Å². The summed E-state index contributed by atoms with van der Waals surface area (Å²) in [6, 6.07) is 5.22. The van der Waals surface area contributed by atoms with Crippen molar-refractivity contribution in [2.75, 3.05) is 11.9 Å². The van der Waals surface area contributed by atoms with Crippen molar-refractivity contribution in [1.82, 2.24) is 4.90 Å². The molecule has 1 fully saturated rings. The van der Waals surface area contributed by atoms with Gasteiger partial charge in [-0.15, -0.1) is 0 Å². The van der Waals surface area contributed by atoms with Crippen LogP contribution in [-0.2, 0) is 9.59 Å². The predicted octanol–water partition coefficient (Wildman–Crippen LogP) is 2.94. The average molecular weight is 301 g/mol. The quantitative estimate of drug-likeness (QED) is 0.929. The second-order valence-corrected chi connectivity index (χ2v) is 5.31. The minimum absolute atomic E-state index is 0.0445. The third-order valence-electron chi connectivity index (χ3n) is 2.93. The molecule has 1 aromatic rings. The number of hydrogen-bond acceptors (Lipinski definition) is 2. The molecule has 1 saturated carbocycles. The molecule has 2 rings (SSSR count). The first-order valence-electron chi connectivity index (χ1n) is 6.00. The first-order valence-corrected chi connectivity index (χ1v) is 6.75. The molecule has 0 heterocycles. The van der Waals surface area contributed by atoms with Crippen LogP contribution < -0.4 is 5.32 Å². The summed E-state index contributed by atoms with van der Waals surface area (Å²) in [5.41, 5.74) is 0.457. The Morgan fingerprint density at radius 1 is 1.37 bits per heavy atom. The Labute approximate surface area is 121 Å². The van der Waals surface area contributed by atoms with Crippen molar-refractivity contribution in [3.8, 4) is 0 Å². The van der Waals surface area contributed by atoms with Crippen LogP contribution in [0.4, 0.5) is 5.69 Å². The van der Waals surface area contributed by atoms with Crippen LogP contribution >= 0.6 is 23.2 Å². The van der Waals surface area contributed by atoms with Crippen LogP contribution in [0, 0.1) is 0 Å². The van der Waals surface area contributed by atoms with Crippen LogP contribution in [0.3, 0.4) is 0 Å². The maximum absolute atomic E-state index is 11.9. The number of halogens is 2. The van der Waals surface area contributed by atoms with E-state index in [9.17, 15) is 9.59 Å². The van der Waals surface area contributed by atoms with Gasteiger partial charge in [-0.25, -0.2) is 0 Å². The van der Waals surface area contributed by atoms with E-state index >= 15 is 0 Å². The molecule has 0 bridgehead atoms. The lowest BCUT2D eigenvalue weighted by Gasteiger charge is -2.20. The zero-order chi connectivity index (χ0) is 14.0. The lowest BCUT2D eigenvalue weighted by molar-refractivity contribution is -0.133. The highest BCUT2D eigenvalue weighted by atomic mass is 35.5. The predicted molar refractivity (Wildman–Crippen MR) is 75.5 cm³/mol. The SMILES string of the molecule is CC(=O)N(CC(=O)Nc1cccc(Cl)c1Cl)C1CC1. The van der Waals surface area contributed by atoms with Crippen LogP contribution in [0.25, 0.3) is 0 Å². The number of hydrogen-bond donors (Lipinski definition) is 1. The fourth-order valence-corrected chi connectivity index (χ4v) is 2.18. The Morgan fingerprint density at radius 3 is 2.63 bits per heavy atom. The van der Waals surface area contributed by atoms with Gasteiger partial charge in [0.2, 0.25) is 11.8 Å². The molecule has 1 aromatic carbocycles. The van der Waals surface area contributed by atoms with E-state index in [-0.39, 0.29) is 24.4 Å². The van der Waals surface area contributed by atoms with Crippen molar-refractivity contribution in [3.05, 3.63) is 28.2 Å². The first-order chi connectivity index (χ1) is 8.99. The summed E-state index contributed by atoms with van der Waals surface area (Å²) in [5.74, 6) is -0.360. The molecule has 102 valence electrons. The van der Waals surface area contributed by atoms with Crippen molar-refractivity contribution in [2.24, 2.45) is 0 Å². The number of anilines is 1. The number of nitrogens with zero attached hydrogens (tertiary/aromatic N) is 1. The number of rotatable bonds is 4. The van der Waals surface area contributed by atoms with E-state index in [1.807, 2.05) is 0 Å². The van der Waals surface area contributed by atoms with Gasteiger partial charge < -0.3 is 10.2 Å². The number of carbonyl (C=O) groups excluding carboxylic acids is 2. The molecule has 6 heteroatoms. The van der Waals surface area contributed by atoms with E-state index in [0.29, 0.717) is 15.7 Å². The largest absolute Gasteiger partial charge is 0.331 e. The molecule has 1 aliphatic carbocycles. The highest BCUT2D eigenvalue weighted by Crippen LogP contribution is 2.30. The topological polar surface area (TPSA) is 49.4 Å². The Balaban J connectivity index is 2.00. The third kappa shape index (κ3) is 3.61. The molecule has 0 unspecified atom stereocenters. The highest BCUT2D eigenvalue weighted by molar-refractivity contribution is 6.44. The van der Waals surface area contributed by atoms with Crippen molar-refractivity contribution in [1.29, 1.82) is 0 Å². The molecule has 1 N–H and O–H groups in total. The summed E-state index contributed by atoms with van der Waals surface area (Å²) in [4.78, 5) is 24.9. The fourth-order valence-electron chi connectivity index (χ4n) is 1.83. The smallest absolute Gasteiger partial charge is 0.244 e. The molecule has 2 amide bonds. The van der Waals surface area contributed by atoms with Crippen molar-refractivity contribution in [3.63, 3.8) is 0 Å². The molecule has 1 aliphatic rings. The average Bonchev–Trinajstić information content (AvgIpc) is 3.16. The summed E-state index contributed by atoms with van der Waals surface area (Å²) in [7, 11) is 0. The summed E-state index contributed by atoms with van der Waals surface area (Å²) >= 11 is 11.9. The summed E-state index contributed by atoms with van der Waals surface area (Å²) in [6.45, 7) is 1.51. The molecule has 0 saturated heterocycles. The molecule has 0 aromatic heterocycles. The van der Waals surface area contributed by atoms with Gasteiger partial charge >= 0.3 is 0 Å². The van der Waals surface area contributed by atoms with Gasteiger partial charge in [0.25, 0.3) is 0 Å². The minimum Gasteiger partial charge on any atom is -0.331 e. The maximum Gasteiger partial charge on any atom is 0.244 e. The van der Waals surface area contributed by atoms with Gasteiger partial charge in [-0.2, -0.15) is 0 Å². The van der Waals surface area contributed by atoms with Gasteiger partial charge in [-0.3, -0.25) is 9.59 Å². The van der Waals surface area contributed by atoms with Gasteiger partial charge in [0.15, 0.2) is 0 Å². The standard InChI is InChI=1S/C13H14Cl2N2O2/c1-8(18)17(9-5-6-9)7-12(19)16-11-4-2-3-10(14)13(11)15/h2-4,9H,5-7H2,1H3,(H,16,19). The van der Waals surface area contributed by atoms with Gasteiger partial charge in [0.1, 0.15) is 6.54 Å². The Kier molecular flexibility index (Phi) is 4.32. The summed E-state index contributed by atoms with van der Waals surface area (Å²) in [5, 5.41) is 3.35. The molecule has 0 aliphatic heterocycles. The lowest BCUT2D eigenvalue weighted by Crippen LogP contribution is -2.38. The van der Waals surface area contributed by atoms with Crippen LogP contribution in [0.1, 0.15) is 19.8 Å². The molecular weight excluding hydrogens is 287 g/mol. The van der Waals surface area contributed by atoms with E-state index in [1.165, 1.54) is 6.92 Å². The Bertz CT molecular complexity index is 515. The van der Waals surface area contributed by atoms with Crippen molar-refractivity contribution < 1.29 is 9.59 Å². The normalized spacial score (nSPS) is 14.1. The van der Waals surface area contributed by atoms with Crippen LogP contribution in [0.2, 0.25) is 10.0 Å². The van der Waals surface area contributed by atoms with E-state index in [4.69, 9.17) is 23.2 Å². The highest BCUT2D eigenvalue weighted by Gasteiger charge is 2.32. The molecule has 0 atom stereocenters. The summed E-state index contributed by atoms with van der Waals surface area (Å²) < 4.78 is 0. The summed E-state index contributed by atoms with van der Waals surface area (Å²) in [6.07, 6.45) is 1.93. The minimum atomic E-state index is -0.272. The van der Waals surface area contributed by atoms with E-state index in [2.05, 4.69) is 5.32 Å². The zero-order valence-corrected chi connectivity index (χ0v) is 12.0. The Morgan fingerprint density at radius 2 is 2.05 bits per heavy atom. The second kappa shape index (κ2) is 5.80. The van der Waals surface area contributed by atoms with E-state index in [1.54, 1.807) is 23.1 Å². The maximum atomic E-state index is 11.9.